The Balaban J connectivity index is 1.49. The van der Waals surface area contributed by atoms with E-state index in [1.54, 1.807) is 17.5 Å². The van der Waals surface area contributed by atoms with E-state index in [2.05, 4.69) is 32.7 Å². The first kappa shape index (κ1) is 14.5. The normalized spacial score (nSPS) is 10.8. The van der Waals surface area contributed by atoms with Gasteiger partial charge in [-0.05, 0) is 24.6 Å². The number of thiazole rings is 1. The van der Waals surface area contributed by atoms with Crippen LogP contribution in [0.4, 0.5) is 10.5 Å². The Morgan fingerprint density at radius 3 is 3.14 bits per heavy atom. The molecule has 2 amide bonds. The molecule has 0 saturated carbocycles. The van der Waals surface area contributed by atoms with Gasteiger partial charge in [0, 0.05) is 29.4 Å². The Kier molecular flexibility index (Phi) is 4.34. The molecule has 0 aliphatic rings. The van der Waals surface area contributed by atoms with Crippen LogP contribution in [0.15, 0.2) is 29.8 Å². The lowest BCUT2D eigenvalue weighted by Crippen LogP contribution is -2.30. The molecule has 0 atom stereocenters. The number of amides is 2. The van der Waals surface area contributed by atoms with Crippen molar-refractivity contribution < 1.29 is 4.79 Å². The average Bonchev–Trinajstić information content (AvgIpc) is 3.15. The lowest BCUT2D eigenvalue weighted by Gasteiger charge is -2.07. The number of nitrogens with zero attached hydrogens (tertiary/aromatic N) is 2. The monoisotopic (exact) mass is 315 g/mol. The van der Waals surface area contributed by atoms with Crippen LogP contribution in [0.3, 0.4) is 0 Å². The fourth-order valence-electron chi connectivity index (χ4n) is 2.13. The fraction of sp³-hybridized carbons (Fsp3) is 0.267. The Morgan fingerprint density at radius 1 is 1.41 bits per heavy atom. The molecule has 2 heterocycles. The highest BCUT2D eigenvalue weighted by atomic mass is 32.1. The Hall–Kier alpha value is -2.41. The summed E-state index contributed by atoms with van der Waals surface area (Å²) in [7, 11) is 0. The number of anilines is 1. The molecular weight excluding hydrogens is 298 g/mol. The number of hydrogen-bond acceptors (Lipinski definition) is 4. The number of nitrogens with one attached hydrogen (secondary N) is 3. The number of fused-ring (bicyclic) bond motifs is 1. The molecule has 0 fully saturated rings. The highest BCUT2D eigenvalue weighted by Gasteiger charge is 2.04. The first-order valence-electron chi connectivity index (χ1n) is 7.16. The molecule has 0 spiro atoms. The van der Waals surface area contributed by atoms with Crippen LogP contribution < -0.4 is 10.6 Å². The van der Waals surface area contributed by atoms with Crippen molar-refractivity contribution in [3.63, 3.8) is 0 Å². The van der Waals surface area contributed by atoms with Crippen molar-refractivity contribution in [2.24, 2.45) is 0 Å². The number of aromatic nitrogens is 3. The minimum atomic E-state index is -0.214. The maximum atomic E-state index is 11.9. The van der Waals surface area contributed by atoms with Gasteiger partial charge in [0.2, 0.25) is 0 Å². The van der Waals surface area contributed by atoms with Gasteiger partial charge in [0.15, 0.2) is 0 Å². The molecule has 6 nitrogen and oxygen atoms in total. The third-order valence-electron chi connectivity index (χ3n) is 3.27. The highest BCUT2D eigenvalue weighted by molar-refractivity contribution is 7.09. The summed E-state index contributed by atoms with van der Waals surface area (Å²) in [5, 5.41) is 16.6. The summed E-state index contributed by atoms with van der Waals surface area (Å²) in [6.45, 7) is 2.65. The van der Waals surface area contributed by atoms with Gasteiger partial charge in [-0.15, -0.1) is 11.3 Å². The van der Waals surface area contributed by atoms with Crippen molar-refractivity contribution >= 4 is 34.0 Å². The standard InChI is InChI=1S/C15H17N5OS/c1-2-14-18-12(9-22-14)5-6-16-15(21)19-11-3-4-13-10(7-11)8-17-20-13/h3-4,7-9H,2,5-6H2,1H3,(H,17,20)(H2,16,19,21). The van der Waals surface area contributed by atoms with Gasteiger partial charge in [0.1, 0.15) is 0 Å². The smallest absolute Gasteiger partial charge is 0.319 e. The second-order valence-corrected chi connectivity index (χ2v) is 5.83. The molecular formula is C15H17N5OS. The van der Waals surface area contributed by atoms with E-state index in [1.165, 1.54) is 0 Å². The summed E-state index contributed by atoms with van der Waals surface area (Å²) in [5.74, 6) is 0. The lowest BCUT2D eigenvalue weighted by molar-refractivity contribution is 0.252. The zero-order chi connectivity index (χ0) is 15.4. The van der Waals surface area contributed by atoms with Crippen LogP contribution in [0.5, 0.6) is 0 Å². The number of aromatic amines is 1. The first-order valence-corrected chi connectivity index (χ1v) is 8.04. The Labute approximate surface area is 132 Å². The lowest BCUT2D eigenvalue weighted by atomic mass is 10.2. The molecule has 3 N–H and O–H groups in total. The van der Waals surface area contributed by atoms with E-state index in [1.807, 2.05) is 23.6 Å². The third-order valence-corrected chi connectivity index (χ3v) is 4.31. The quantitative estimate of drug-likeness (QED) is 0.677. The third kappa shape index (κ3) is 3.43. The molecule has 3 rings (SSSR count). The Morgan fingerprint density at radius 2 is 2.32 bits per heavy atom. The Bertz CT molecular complexity index is 779. The number of hydrogen-bond donors (Lipinski definition) is 3. The summed E-state index contributed by atoms with van der Waals surface area (Å²) in [5.41, 5.74) is 2.72. The number of rotatable bonds is 5. The van der Waals surface area contributed by atoms with Gasteiger partial charge in [-0.25, -0.2) is 9.78 Å². The van der Waals surface area contributed by atoms with Gasteiger partial charge < -0.3 is 10.6 Å². The molecule has 2 aromatic heterocycles. The number of benzene rings is 1. The highest BCUT2D eigenvalue weighted by Crippen LogP contribution is 2.16. The second-order valence-electron chi connectivity index (χ2n) is 4.89. The molecule has 0 bridgehead atoms. The van der Waals surface area contributed by atoms with Crippen molar-refractivity contribution in [2.75, 3.05) is 11.9 Å². The summed E-state index contributed by atoms with van der Waals surface area (Å²) < 4.78 is 0. The minimum Gasteiger partial charge on any atom is -0.337 e. The maximum absolute atomic E-state index is 11.9. The van der Waals surface area contributed by atoms with Gasteiger partial charge in [0.25, 0.3) is 0 Å². The summed E-state index contributed by atoms with van der Waals surface area (Å²) in [6.07, 6.45) is 3.42. The molecule has 7 heteroatoms. The van der Waals surface area contributed by atoms with Crippen LogP contribution in [0.25, 0.3) is 10.9 Å². The summed E-state index contributed by atoms with van der Waals surface area (Å²) in [4.78, 5) is 16.3. The van der Waals surface area contributed by atoms with Crippen molar-refractivity contribution in [1.29, 1.82) is 0 Å². The number of H-pyrrole nitrogens is 1. The molecule has 1 aromatic carbocycles. The van der Waals surface area contributed by atoms with Crippen molar-refractivity contribution in [1.82, 2.24) is 20.5 Å². The van der Waals surface area contributed by atoms with Crippen LogP contribution in [-0.2, 0) is 12.8 Å². The molecule has 3 aromatic rings. The number of carbonyl (C=O) groups excluding carboxylic acids is 1. The van der Waals surface area contributed by atoms with E-state index in [9.17, 15) is 4.79 Å². The van der Waals surface area contributed by atoms with Crippen LogP contribution in [0, 0.1) is 0 Å². The van der Waals surface area contributed by atoms with E-state index in [0.29, 0.717) is 6.54 Å². The van der Waals surface area contributed by atoms with Gasteiger partial charge in [-0.2, -0.15) is 5.10 Å². The number of aryl methyl sites for hydroxylation is 1. The van der Waals surface area contributed by atoms with E-state index in [0.717, 1.165) is 40.1 Å². The maximum Gasteiger partial charge on any atom is 0.319 e. The van der Waals surface area contributed by atoms with Gasteiger partial charge in [-0.1, -0.05) is 6.92 Å². The fourth-order valence-corrected chi connectivity index (χ4v) is 2.91. The molecule has 0 saturated heterocycles. The number of urea groups is 1. The van der Waals surface area contributed by atoms with E-state index in [4.69, 9.17) is 0 Å². The zero-order valence-corrected chi connectivity index (χ0v) is 13.0. The average molecular weight is 315 g/mol. The summed E-state index contributed by atoms with van der Waals surface area (Å²) >= 11 is 1.66. The molecule has 0 unspecified atom stereocenters. The van der Waals surface area contributed by atoms with Gasteiger partial charge >= 0.3 is 6.03 Å². The van der Waals surface area contributed by atoms with Gasteiger partial charge in [-0.3, -0.25) is 5.10 Å². The van der Waals surface area contributed by atoms with E-state index in [-0.39, 0.29) is 6.03 Å². The molecule has 0 radical (unpaired) electrons. The van der Waals surface area contributed by atoms with Crippen LogP contribution >= 0.6 is 11.3 Å². The van der Waals surface area contributed by atoms with Crippen molar-refractivity contribution in [3.8, 4) is 0 Å². The second kappa shape index (κ2) is 6.57. The summed E-state index contributed by atoms with van der Waals surface area (Å²) in [6, 6.07) is 5.40. The SMILES string of the molecule is CCc1nc(CCNC(=O)Nc2ccc3[nH]ncc3c2)cs1. The topological polar surface area (TPSA) is 82.7 Å². The largest absolute Gasteiger partial charge is 0.337 e. The molecule has 22 heavy (non-hydrogen) atoms. The zero-order valence-electron chi connectivity index (χ0n) is 12.2. The van der Waals surface area contributed by atoms with Crippen LogP contribution in [-0.4, -0.2) is 27.8 Å². The predicted molar refractivity (Wildman–Crippen MR) is 88.3 cm³/mol. The first-order chi connectivity index (χ1) is 10.7. The van der Waals surface area contributed by atoms with Crippen LogP contribution in [0.2, 0.25) is 0 Å². The van der Waals surface area contributed by atoms with Crippen LogP contribution in [0.1, 0.15) is 17.6 Å². The molecule has 114 valence electrons. The predicted octanol–water partition coefficient (Wildman–Crippen LogP) is 2.95. The van der Waals surface area contributed by atoms with Gasteiger partial charge in [0.05, 0.1) is 22.4 Å². The molecule has 0 aliphatic heterocycles. The number of carbonyl (C=O) groups is 1. The molecule has 0 aliphatic carbocycles. The van der Waals surface area contributed by atoms with Crippen molar-refractivity contribution in [2.45, 2.75) is 19.8 Å². The van der Waals surface area contributed by atoms with E-state index >= 15 is 0 Å². The minimum absolute atomic E-state index is 0.214. The van der Waals surface area contributed by atoms with Crippen molar-refractivity contribution in [3.05, 3.63) is 40.5 Å². The van der Waals surface area contributed by atoms with E-state index < -0.39 is 0 Å².